The lowest BCUT2D eigenvalue weighted by Gasteiger charge is -2.23. The predicted molar refractivity (Wildman–Crippen MR) is 98.4 cm³/mol. The Morgan fingerprint density at radius 3 is 2.58 bits per heavy atom. The molecule has 1 N–H and O–H groups in total. The van der Waals surface area contributed by atoms with E-state index in [4.69, 9.17) is 11.6 Å². The normalized spacial score (nSPS) is 18.5. The topological polar surface area (TPSA) is 45.5 Å². The van der Waals surface area contributed by atoms with Crippen LogP contribution in [0.2, 0.25) is 5.02 Å². The summed E-state index contributed by atoms with van der Waals surface area (Å²) in [5.41, 5.74) is 4.39. The van der Waals surface area contributed by atoms with Gasteiger partial charge >= 0.3 is 0 Å². The highest BCUT2D eigenvalue weighted by molar-refractivity contribution is 7.17. The van der Waals surface area contributed by atoms with Gasteiger partial charge in [-0.15, -0.1) is 11.3 Å². The molecule has 4 rings (SSSR count). The lowest BCUT2D eigenvalue weighted by molar-refractivity contribution is 0.317. The second-order valence-electron chi connectivity index (χ2n) is 5.82. The fourth-order valence-electron chi connectivity index (χ4n) is 3.23. The van der Waals surface area contributed by atoms with Crippen molar-refractivity contribution in [3.8, 4) is 10.4 Å². The highest BCUT2D eigenvalue weighted by Crippen LogP contribution is 2.43. The van der Waals surface area contributed by atoms with Crippen LogP contribution in [-0.4, -0.2) is 15.9 Å². The monoisotopic (exact) mass is 354 g/mol. The number of aromatic nitrogens is 1. The summed E-state index contributed by atoms with van der Waals surface area (Å²) < 4.78 is 0. The molecule has 0 amide bonds. The average molecular weight is 355 g/mol. The van der Waals surface area contributed by atoms with Gasteiger partial charge < -0.3 is 5.21 Å². The highest BCUT2D eigenvalue weighted by atomic mass is 35.5. The summed E-state index contributed by atoms with van der Waals surface area (Å²) in [6.45, 7) is 0. The van der Waals surface area contributed by atoms with Gasteiger partial charge in [0.1, 0.15) is 0 Å². The number of pyridine rings is 1. The largest absolute Gasteiger partial charge is 0.411 e. The Morgan fingerprint density at radius 1 is 1.12 bits per heavy atom. The maximum Gasteiger partial charge on any atom is 0.0970 e. The minimum atomic E-state index is 0.301. The van der Waals surface area contributed by atoms with Crippen molar-refractivity contribution in [3.63, 3.8) is 0 Å². The van der Waals surface area contributed by atoms with Crippen LogP contribution in [0.4, 0.5) is 0 Å². The number of oxime groups is 1. The van der Waals surface area contributed by atoms with Gasteiger partial charge in [-0.3, -0.25) is 4.98 Å². The van der Waals surface area contributed by atoms with Crippen LogP contribution in [0.25, 0.3) is 10.4 Å². The average Bonchev–Trinajstić information content (AvgIpc) is 3.08. The minimum Gasteiger partial charge on any atom is -0.411 e. The number of fused-ring (bicyclic) bond motifs is 1. The van der Waals surface area contributed by atoms with Crippen LogP contribution in [0.1, 0.15) is 34.8 Å². The van der Waals surface area contributed by atoms with Gasteiger partial charge in [-0.2, -0.15) is 0 Å². The molecule has 0 spiro atoms. The predicted octanol–water partition coefficient (Wildman–Crippen LogP) is 5.57. The van der Waals surface area contributed by atoms with Crippen molar-refractivity contribution in [2.45, 2.75) is 18.8 Å². The van der Waals surface area contributed by atoms with E-state index in [-0.39, 0.29) is 0 Å². The Kier molecular flexibility index (Phi) is 4.08. The molecule has 2 heterocycles. The summed E-state index contributed by atoms with van der Waals surface area (Å²) in [7, 11) is 0. The van der Waals surface area contributed by atoms with E-state index in [0.717, 1.165) is 34.0 Å². The van der Waals surface area contributed by atoms with E-state index in [1.165, 1.54) is 16.0 Å². The van der Waals surface area contributed by atoms with Gasteiger partial charge in [-0.05, 0) is 59.9 Å². The molecule has 1 aliphatic rings. The lowest BCUT2D eigenvalue weighted by Crippen LogP contribution is -2.14. The van der Waals surface area contributed by atoms with E-state index in [1.54, 1.807) is 23.7 Å². The van der Waals surface area contributed by atoms with Crippen LogP contribution in [-0.2, 0) is 0 Å². The SMILES string of the molecule is O/N=C1\CCC(c2ccc(Cl)cc2)c2cc(-c3ccncc3)sc21. The Bertz CT molecular complexity index is 887. The molecule has 0 fully saturated rings. The molecule has 0 aliphatic heterocycles. The highest BCUT2D eigenvalue weighted by Gasteiger charge is 2.28. The zero-order valence-corrected chi connectivity index (χ0v) is 14.4. The first-order valence-electron chi connectivity index (χ1n) is 7.77. The van der Waals surface area contributed by atoms with Crippen molar-refractivity contribution in [1.82, 2.24) is 4.98 Å². The molecule has 120 valence electrons. The number of rotatable bonds is 2. The molecule has 0 saturated carbocycles. The van der Waals surface area contributed by atoms with Gasteiger partial charge in [0.15, 0.2) is 0 Å². The third-order valence-electron chi connectivity index (χ3n) is 4.43. The summed E-state index contributed by atoms with van der Waals surface area (Å²) >= 11 is 7.70. The van der Waals surface area contributed by atoms with Crippen molar-refractivity contribution in [3.05, 3.63) is 75.9 Å². The Hall–Kier alpha value is -2.17. The standard InChI is InChI=1S/C19H15ClN2OS/c20-14-3-1-12(2-4-14)15-5-6-17(22-23)19-16(15)11-18(24-19)13-7-9-21-10-8-13/h1-4,7-11,15,23H,5-6H2/b22-17+. The molecule has 1 unspecified atom stereocenters. The number of benzene rings is 1. The van der Waals surface area contributed by atoms with Crippen molar-refractivity contribution in [2.75, 3.05) is 0 Å². The first-order valence-corrected chi connectivity index (χ1v) is 8.96. The van der Waals surface area contributed by atoms with Crippen LogP contribution in [0.5, 0.6) is 0 Å². The summed E-state index contributed by atoms with van der Waals surface area (Å²) in [4.78, 5) is 6.33. The summed E-state index contributed by atoms with van der Waals surface area (Å²) in [5, 5.41) is 13.7. The fraction of sp³-hybridized carbons (Fsp3) is 0.158. The maximum absolute atomic E-state index is 9.38. The number of hydrogen-bond acceptors (Lipinski definition) is 4. The van der Waals surface area contributed by atoms with Gasteiger partial charge in [0.05, 0.1) is 10.6 Å². The number of nitrogens with zero attached hydrogens (tertiary/aromatic N) is 2. The maximum atomic E-state index is 9.38. The number of thiophene rings is 1. The molecule has 2 aromatic heterocycles. The Labute approximate surface area is 149 Å². The fourth-order valence-corrected chi connectivity index (χ4v) is 4.60. The van der Waals surface area contributed by atoms with E-state index < -0.39 is 0 Å². The first kappa shape index (κ1) is 15.4. The molecule has 0 radical (unpaired) electrons. The van der Waals surface area contributed by atoms with Gasteiger partial charge in [0.25, 0.3) is 0 Å². The van der Waals surface area contributed by atoms with E-state index in [2.05, 4.69) is 28.3 Å². The lowest BCUT2D eigenvalue weighted by atomic mass is 9.81. The third-order valence-corrected chi connectivity index (χ3v) is 5.93. The summed E-state index contributed by atoms with van der Waals surface area (Å²) in [5.74, 6) is 0.301. The molecule has 1 aliphatic carbocycles. The molecular formula is C19H15ClN2OS. The molecule has 0 bridgehead atoms. The molecular weight excluding hydrogens is 340 g/mol. The van der Waals surface area contributed by atoms with Crippen LogP contribution in [0, 0.1) is 0 Å². The molecule has 24 heavy (non-hydrogen) atoms. The summed E-state index contributed by atoms with van der Waals surface area (Å²) in [6.07, 6.45) is 5.30. The van der Waals surface area contributed by atoms with E-state index in [1.807, 2.05) is 24.3 Å². The van der Waals surface area contributed by atoms with E-state index in [0.29, 0.717) is 5.92 Å². The van der Waals surface area contributed by atoms with E-state index in [9.17, 15) is 5.21 Å². The summed E-state index contributed by atoms with van der Waals surface area (Å²) in [6, 6.07) is 14.3. The van der Waals surface area contributed by atoms with Crippen LogP contribution < -0.4 is 0 Å². The van der Waals surface area contributed by atoms with E-state index >= 15 is 0 Å². The molecule has 5 heteroatoms. The molecule has 1 atom stereocenters. The van der Waals surface area contributed by atoms with Gasteiger partial charge in [-0.25, -0.2) is 0 Å². The van der Waals surface area contributed by atoms with Gasteiger partial charge in [-0.1, -0.05) is 28.9 Å². The quantitative estimate of drug-likeness (QED) is 0.483. The van der Waals surface area contributed by atoms with Crippen molar-refractivity contribution in [1.29, 1.82) is 0 Å². The number of hydrogen-bond donors (Lipinski definition) is 1. The third kappa shape index (κ3) is 2.72. The van der Waals surface area contributed by atoms with Gasteiger partial charge in [0, 0.05) is 28.2 Å². The molecule has 3 nitrogen and oxygen atoms in total. The van der Waals surface area contributed by atoms with Crippen LogP contribution >= 0.6 is 22.9 Å². The Balaban J connectivity index is 1.82. The zero-order chi connectivity index (χ0) is 16.5. The van der Waals surface area contributed by atoms with Crippen molar-refractivity contribution < 1.29 is 5.21 Å². The van der Waals surface area contributed by atoms with Gasteiger partial charge in [0.2, 0.25) is 0 Å². The molecule has 0 saturated heterocycles. The van der Waals surface area contributed by atoms with Crippen molar-refractivity contribution in [2.24, 2.45) is 5.16 Å². The second kappa shape index (κ2) is 6.38. The smallest absolute Gasteiger partial charge is 0.0970 e. The molecule has 3 aromatic rings. The first-order chi connectivity index (χ1) is 11.8. The Morgan fingerprint density at radius 2 is 1.88 bits per heavy atom. The number of halogens is 1. The van der Waals surface area contributed by atoms with Crippen molar-refractivity contribution >= 4 is 28.6 Å². The zero-order valence-electron chi connectivity index (χ0n) is 12.8. The minimum absolute atomic E-state index is 0.301. The molecule has 1 aromatic carbocycles. The van der Waals surface area contributed by atoms with Crippen LogP contribution in [0.15, 0.2) is 60.0 Å². The second-order valence-corrected chi connectivity index (χ2v) is 7.31. The van der Waals surface area contributed by atoms with Crippen LogP contribution in [0.3, 0.4) is 0 Å².